The summed E-state index contributed by atoms with van der Waals surface area (Å²) in [6.07, 6.45) is 1.96. The van der Waals surface area contributed by atoms with Crippen LogP contribution in [0.25, 0.3) is 10.9 Å². The number of hydrogen-bond donors (Lipinski definition) is 2. The van der Waals surface area contributed by atoms with Crippen molar-refractivity contribution in [3.05, 3.63) is 44.6 Å². The van der Waals surface area contributed by atoms with E-state index in [1.54, 1.807) is 25.1 Å². The number of carbonyl (C=O) groups is 1. The third kappa shape index (κ3) is 3.24. The van der Waals surface area contributed by atoms with E-state index in [0.717, 1.165) is 17.4 Å². The number of fused-ring (bicyclic) bond motifs is 1. The first-order valence-electron chi connectivity index (χ1n) is 8.74. The maximum absolute atomic E-state index is 12.8. The summed E-state index contributed by atoms with van der Waals surface area (Å²) in [6.45, 7) is 5.36. The lowest BCUT2D eigenvalue weighted by molar-refractivity contribution is 0.0661. The van der Waals surface area contributed by atoms with Gasteiger partial charge in [-0.1, -0.05) is 0 Å². The standard InChI is InChI=1S/C18H24N4O3/c1-3-22-17(24)14-7-6-12(9-15(14)20-18(22)25)16(23)21-8-4-5-13(10-21)11(2)19/h6-7,9,11,13H,3-5,8,10,19H2,1-2H3,(H,20,25). The Balaban J connectivity index is 1.95. The molecule has 2 heterocycles. The minimum atomic E-state index is -0.459. The number of amides is 1. The van der Waals surface area contributed by atoms with Crippen LogP contribution in [0.2, 0.25) is 0 Å². The molecule has 2 aromatic rings. The fourth-order valence-electron chi connectivity index (χ4n) is 3.48. The molecule has 0 aliphatic carbocycles. The molecule has 2 atom stereocenters. The van der Waals surface area contributed by atoms with E-state index in [-0.39, 0.29) is 17.5 Å². The number of aromatic nitrogens is 2. The number of rotatable bonds is 3. The highest BCUT2D eigenvalue weighted by molar-refractivity contribution is 5.97. The van der Waals surface area contributed by atoms with E-state index >= 15 is 0 Å². The molecule has 0 bridgehead atoms. The van der Waals surface area contributed by atoms with Gasteiger partial charge >= 0.3 is 5.69 Å². The Morgan fingerprint density at radius 1 is 1.40 bits per heavy atom. The molecule has 0 spiro atoms. The summed E-state index contributed by atoms with van der Waals surface area (Å²) >= 11 is 0. The molecule has 1 aromatic heterocycles. The maximum atomic E-state index is 12.8. The highest BCUT2D eigenvalue weighted by atomic mass is 16.2. The average Bonchev–Trinajstić information content (AvgIpc) is 2.61. The molecule has 25 heavy (non-hydrogen) atoms. The molecule has 1 aliphatic heterocycles. The fourth-order valence-corrected chi connectivity index (χ4v) is 3.48. The molecule has 7 nitrogen and oxygen atoms in total. The molecule has 1 aliphatic rings. The topological polar surface area (TPSA) is 101 Å². The second-order valence-corrected chi connectivity index (χ2v) is 6.75. The average molecular weight is 344 g/mol. The van der Waals surface area contributed by atoms with Gasteiger partial charge in [-0.05, 0) is 50.8 Å². The molecule has 2 unspecified atom stereocenters. The molecular formula is C18H24N4O3. The van der Waals surface area contributed by atoms with Gasteiger partial charge in [0.25, 0.3) is 11.5 Å². The Kier molecular flexibility index (Phi) is 4.76. The summed E-state index contributed by atoms with van der Waals surface area (Å²) in [5.41, 5.74) is 6.06. The monoisotopic (exact) mass is 344 g/mol. The summed E-state index contributed by atoms with van der Waals surface area (Å²) in [6, 6.07) is 4.91. The Morgan fingerprint density at radius 2 is 2.16 bits per heavy atom. The highest BCUT2D eigenvalue weighted by Gasteiger charge is 2.26. The van der Waals surface area contributed by atoms with Crippen molar-refractivity contribution in [1.82, 2.24) is 14.5 Å². The van der Waals surface area contributed by atoms with E-state index in [9.17, 15) is 14.4 Å². The van der Waals surface area contributed by atoms with E-state index in [0.29, 0.717) is 42.0 Å². The molecule has 1 fully saturated rings. The van der Waals surface area contributed by atoms with Gasteiger partial charge in [0.2, 0.25) is 0 Å². The smallest absolute Gasteiger partial charge is 0.328 e. The Labute approximate surface area is 145 Å². The van der Waals surface area contributed by atoms with Gasteiger partial charge < -0.3 is 15.6 Å². The first kappa shape index (κ1) is 17.4. The lowest BCUT2D eigenvalue weighted by Crippen LogP contribution is -2.45. The van der Waals surface area contributed by atoms with E-state index in [1.165, 1.54) is 0 Å². The molecule has 0 radical (unpaired) electrons. The van der Waals surface area contributed by atoms with Crippen LogP contribution in [-0.4, -0.2) is 39.5 Å². The second-order valence-electron chi connectivity index (χ2n) is 6.75. The zero-order valence-electron chi connectivity index (χ0n) is 14.6. The molecule has 3 rings (SSSR count). The zero-order chi connectivity index (χ0) is 18.1. The summed E-state index contributed by atoms with van der Waals surface area (Å²) in [5.74, 6) is 0.211. The van der Waals surface area contributed by atoms with Crippen molar-refractivity contribution in [1.29, 1.82) is 0 Å². The number of nitrogens with one attached hydrogen (secondary N) is 1. The van der Waals surface area contributed by atoms with Gasteiger partial charge in [0, 0.05) is 31.2 Å². The Morgan fingerprint density at radius 3 is 2.84 bits per heavy atom. The third-order valence-electron chi connectivity index (χ3n) is 5.03. The number of hydrogen-bond acceptors (Lipinski definition) is 4. The van der Waals surface area contributed by atoms with Gasteiger partial charge in [0.15, 0.2) is 0 Å². The second kappa shape index (κ2) is 6.84. The van der Waals surface area contributed by atoms with Crippen molar-refractivity contribution < 1.29 is 4.79 Å². The molecule has 1 saturated heterocycles. The number of carbonyl (C=O) groups excluding carboxylic acids is 1. The van der Waals surface area contributed by atoms with Crippen LogP contribution in [0, 0.1) is 5.92 Å². The normalized spacial score (nSPS) is 19.2. The van der Waals surface area contributed by atoms with Gasteiger partial charge in [-0.25, -0.2) is 4.79 Å². The van der Waals surface area contributed by atoms with Crippen molar-refractivity contribution in [2.24, 2.45) is 11.7 Å². The van der Waals surface area contributed by atoms with Crippen molar-refractivity contribution in [3.8, 4) is 0 Å². The summed E-state index contributed by atoms with van der Waals surface area (Å²) in [7, 11) is 0. The first-order valence-corrected chi connectivity index (χ1v) is 8.74. The van der Waals surface area contributed by atoms with Crippen LogP contribution in [0.15, 0.2) is 27.8 Å². The SMILES string of the molecule is CCn1c(=O)[nH]c2cc(C(=O)N3CCCC(C(C)N)C3)ccc2c1=O. The van der Waals surface area contributed by atoms with Crippen LogP contribution >= 0.6 is 0 Å². The molecule has 1 aromatic carbocycles. The Hall–Kier alpha value is -2.41. The van der Waals surface area contributed by atoms with Crippen LogP contribution in [0.4, 0.5) is 0 Å². The summed E-state index contributed by atoms with van der Waals surface area (Å²) in [4.78, 5) is 41.6. The van der Waals surface area contributed by atoms with Gasteiger partial charge in [-0.15, -0.1) is 0 Å². The summed E-state index contributed by atoms with van der Waals surface area (Å²) in [5, 5.41) is 0.408. The third-order valence-corrected chi connectivity index (χ3v) is 5.03. The fraction of sp³-hybridized carbons (Fsp3) is 0.500. The largest absolute Gasteiger partial charge is 0.338 e. The number of piperidine rings is 1. The quantitative estimate of drug-likeness (QED) is 0.864. The van der Waals surface area contributed by atoms with Gasteiger partial charge in [0.05, 0.1) is 10.9 Å². The number of likely N-dealkylation sites (tertiary alicyclic amines) is 1. The Bertz CT molecular complexity index is 913. The van der Waals surface area contributed by atoms with Crippen LogP contribution in [0.1, 0.15) is 37.0 Å². The lowest BCUT2D eigenvalue weighted by Gasteiger charge is -2.34. The van der Waals surface area contributed by atoms with Gasteiger partial charge in [-0.2, -0.15) is 0 Å². The molecule has 7 heteroatoms. The van der Waals surface area contributed by atoms with E-state index in [1.807, 2.05) is 11.8 Å². The van der Waals surface area contributed by atoms with Crippen molar-refractivity contribution >= 4 is 16.8 Å². The number of benzene rings is 1. The van der Waals surface area contributed by atoms with Crippen molar-refractivity contribution in [2.45, 2.75) is 39.3 Å². The van der Waals surface area contributed by atoms with Crippen LogP contribution < -0.4 is 17.0 Å². The van der Waals surface area contributed by atoms with Crippen molar-refractivity contribution in [3.63, 3.8) is 0 Å². The first-order chi connectivity index (χ1) is 11.9. The minimum absolute atomic E-state index is 0.0519. The van der Waals surface area contributed by atoms with Gasteiger partial charge in [0.1, 0.15) is 0 Å². The summed E-state index contributed by atoms with van der Waals surface area (Å²) < 4.78 is 1.14. The lowest BCUT2D eigenvalue weighted by atomic mass is 9.92. The van der Waals surface area contributed by atoms with E-state index in [4.69, 9.17) is 5.73 Å². The predicted octanol–water partition coefficient (Wildman–Crippen LogP) is 0.909. The van der Waals surface area contributed by atoms with Crippen molar-refractivity contribution in [2.75, 3.05) is 13.1 Å². The molecule has 1 amide bonds. The van der Waals surface area contributed by atoms with Crippen LogP contribution in [0.5, 0.6) is 0 Å². The predicted molar refractivity (Wildman–Crippen MR) is 96.8 cm³/mol. The number of aromatic amines is 1. The van der Waals surface area contributed by atoms with E-state index in [2.05, 4.69) is 4.98 Å². The molecular weight excluding hydrogens is 320 g/mol. The molecule has 134 valence electrons. The number of nitrogens with two attached hydrogens (primary N) is 1. The maximum Gasteiger partial charge on any atom is 0.328 e. The van der Waals surface area contributed by atoms with Crippen LogP contribution in [-0.2, 0) is 6.54 Å². The molecule has 0 saturated carbocycles. The zero-order valence-corrected chi connectivity index (χ0v) is 14.6. The minimum Gasteiger partial charge on any atom is -0.338 e. The van der Waals surface area contributed by atoms with E-state index < -0.39 is 5.69 Å². The van der Waals surface area contributed by atoms with Gasteiger partial charge in [-0.3, -0.25) is 14.2 Å². The number of H-pyrrole nitrogens is 1. The highest BCUT2D eigenvalue weighted by Crippen LogP contribution is 2.21. The van der Waals surface area contributed by atoms with Crippen LogP contribution in [0.3, 0.4) is 0 Å². The number of nitrogens with zero attached hydrogens (tertiary/aromatic N) is 2. The molecule has 3 N–H and O–H groups in total.